The molecule has 0 saturated carbocycles. The second-order valence-electron chi connectivity index (χ2n) is 7.13. The van der Waals surface area contributed by atoms with Crippen LogP contribution >= 0.6 is 11.3 Å². The molecule has 2 aromatic carbocycles. The van der Waals surface area contributed by atoms with Crippen molar-refractivity contribution in [3.8, 4) is 5.75 Å². The van der Waals surface area contributed by atoms with Crippen molar-refractivity contribution in [2.24, 2.45) is 4.99 Å². The van der Waals surface area contributed by atoms with Crippen molar-refractivity contribution in [2.75, 3.05) is 13.7 Å². The summed E-state index contributed by atoms with van der Waals surface area (Å²) in [5, 5.41) is 0. The summed E-state index contributed by atoms with van der Waals surface area (Å²) in [5.74, 6) is -0.279. The number of carbonyl (C=O) groups excluding carboxylic acids is 1. The van der Waals surface area contributed by atoms with E-state index >= 15 is 0 Å². The van der Waals surface area contributed by atoms with Crippen molar-refractivity contribution in [1.29, 1.82) is 0 Å². The molecule has 0 spiro atoms. The zero-order valence-electron chi connectivity index (χ0n) is 17.8. The van der Waals surface area contributed by atoms with Crippen LogP contribution in [0.25, 0.3) is 6.08 Å². The van der Waals surface area contributed by atoms with E-state index in [0.29, 0.717) is 26.3 Å². The molecule has 0 N–H and O–H groups in total. The van der Waals surface area contributed by atoms with Gasteiger partial charge in [-0.3, -0.25) is 9.36 Å². The molecule has 1 aliphatic heterocycles. The molecule has 0 saturated heterocycles. The van der Waals surface area contributed by atoms with Crippen LogP contribution in [-0.2, 0) is 9.53 Å². The van der Waals surface area contributed by atoms with Crippen molar-refractivity contribution >= 4 is 23.4 Å². The van der Waals surface area contributed by atoms with Crippen LogP contribution in [0.4, 0.5) is 4.39 Å². The molecule has 164 valence electrons. The van der Waals surface area contributed by atoms with E-state index in [1.807, 2.05) is 24.3 Å². The van der Waals surface area contributed by atoms with Gasteiger partial charge in [-0.15, -0.1) is 0 Å². The summed E-state index contributed by atoms with van der Waals surface area (Å²) in [7, 11) is 1.58. The fourth-order valence-electron chi connectivity index (χ4n) is 3.63. The Morgan fingerprint density at radius 1 is 1.25 bits per heavy atom. The van der Waals surface area contributed by atoms with Crippen LogP contribution in [0.15, 0.2) is 69.6 Å². The van der Waals surface area contributed by atoms with Gasteiger partial charge < -0.3 is 9.47 Å². The monoisotopic (exact) mass is 452 g/mol. The number of carbonyl (C=O) groups is 1. The number of benzene rings is 2. The number of nitrogens with zero attached hydrogens (tertiary/aromatic N) is 2. The van der Waals surface area contributed by atoms with Gasteiger partial charge in [-0.2, -0.15) is 0 Å². The summed E-state index contributed by atoms with van der Waals surface area (Å²) in [4.78, 5) is 31.2. The van der Waals surface area contributed by atoms with Crippen LogP contribution in [-0.4, -0.2) is 24.3 Å². The largest absolute Gasteiger partial charge is 0.497 e. The van der Waals surface area contributed by atoms with Gasteiger partial charge in [0, 0.05) is 0 Å². The minimum absolute atomic E-state index is 0.187. The average molecular weight is 453 g/mol. The minimum atomic E-state index is -0.765. The quantitative estimate of drug-likeness (QED) is 0.558. The molecule has 2 heterocycles. The maximum atomic E-state index is 13.6. The number of allylic oxidation sites excluding steroid dienone is 1. The van der Waals surface area contributed by atoms with Gasteiger partial charge in [-0.05, 0) is 55.3 Å². The number of ether oxygens (including phenoxy) is 2. The highest BCUT2D eigenvalue weighted by atomic mass is 32.1. The smallest absolute Gasteiger partial charge is 0.338 e. The fourth-order valence-corrected chi connectivity index (χ4v) is 4.68. The Balaban J connectivity index is 1.94. The number of halogens is 1. The van der Waals surface area contributed by atoms with E-state index in [2.05, 4.69) is 4.99 Å². The average Bonchev–Trinajstić information content (AvgIpc) is 3.08. The normalized spacial score (nSPS) is 15.9. The third-order valence-electron chi connectivity index (χ3n) is 5.09. The van der Waals surface area contributed by atoms with Gasteiger partial charge in [0.05, 0.1) is 35.6 Å². The van der Waals surface area contributed by atoms with Gasteiger partial charge in [0.1, 0.15) is 11.6 Å². The zero-order chi connectivity index (χ0) is 22.8. The van der Waals surface area contributed by atoms with E-state index in [4.69, 9.17) is 9.47 Å². The zero-order valence-corrected chi connectivity index (χ0v) is 18.6. The van der Waals surface area contributed by atoms with Crippen LogP contribution in [0.2, 0.25) is 0 Å². The summed E-state index contributed by atoms with van der Waals surface area (Å²) < 4.78 is 26.0. The summed E-state index contributed by atoms with van der Waals surface area (Å²) in [6, 6.07) is 12.3. The Bertz CT molecular complexity index is 1390. The molecule has 4 rings (SSSR count). The maximum Gasteiger partial charge on any atom is 0.338 e. The summed E-state index contributed by atoms with van der Waals surface area (Å²) in [5.41, 5.74) is 1.83. The molecule has 0 aliphatic carbocycles. The molecule has 1 aromatic heterocycles. The van der Waals surface area contributed by atoms with E-state index in [1.165, 1.54) is 28.0 Å². The Kier molecular flexibility index (Phi) is 6.05. The molecule has 1 aliphatic rings. The number of hydrogen-bond donors (Lipinski definition) is 0. The van der Waals surface area contributed by atoms with Crippen molar-refractivity contribution in [3.05, 3.63) is 96.4 Å². The van der Waals surface area contributed by atoms with Crippen LogP contribution in [0.3, 0.4) is 0 Å². The van der Waals surface area contributed by atoms with Crippen LogP contribution in [0, 0.1) is 5.82 Å². The lowest BCUT2D eigenvalue weighted by Gasteiger charge is -2.24. The number of rotatable bonds is 5. The predicted molar refractivity (Wildman–Crippen MR) is 120 cm³/mol. The fraction of sp³-hybridized carbons (Fsp3) is 0.208. The first-order chi connectivity index (χ1) is 15.4. The van der Waals surface area contributed by atoms with Crippen LogP contribution < -0.4 is 19.6 Å². The highest BCUT2D eigenvalue weighted by Crippen LogP contribution is 2.30. The van der Waals surface area contributed by atoms with Crippen LogP contribution in [0.1, 0.15) is 31.0 Å². The Morgan fingerprint density at radius 3 is 2.69 bits per heavy atom. The minimum Gasteiger partial charge on any atom is -0.497 e. The Morgan fingerprint density at radius 2 is 2.00 bits per heavy atom. The van der Waals surface area contributed by atoms with Gasteiger partial charge in [0.25, 0.3) is 5.56 Å². The Hall–Kier alpha value is -3.52. The van der Waals surface area contributed by atoms with E-state index in [1.54, 1.807) is 39.2 Å². The molecule has 8 heteroatoms. The van der Waals surface area contributed by atoms with Gasteiger partial charge in [0.15, 0.2) is 4.80 Å². The molecule has 1 atom stereocenters. The van der Waals surface area contributed by atoms with Gasteiger partial charge in [-0.1, -0.05) is 35.6 Å². The highest BCUT2D eigenvalue weighted by Gasteiger charge is 2.33. The maximum absolute atomic E-state index is 13.6. The number of hydrogen-bond acceptors (Lipinski definition) is 6. The third kappa shape index (κ3) is 4.01. The van der Waals surface area contributed by atoms with E-state index in [9.17, 15) is 14.0 Å². The molecular weight excluding hydrogens is 431 g/mol. The molecule has 3 aromatic rings. The topological polar surface area (TPSA) is 69.9 Å². The lowest BCUT2D eigenvalue weighted by Crippen LogP contribution is -2.39. The summed E-state index contributed by atoms with van der Waals surface area (Å²) in [6.07, 6.45) is 1.76. The summed E-state index contributed by atoms with van der Waals surface area (Å²) >= 11 is 1.23. The standard InChI is InChI=1S/C24H21FN2O4S/c1-4-31-23(29)20-14(2)26-24-27(21(20)16-8-10-17(25)11-9-16)22(28)19(32-24)13-15-6-5-7-18(12-15)30-3/h5-13,21H,4H2,1-3H3/b19-13-/t21-/m1/s1. The van der Waals surface area contributed by atoms with Gasteiger partial charge in [0.2, 0.25) is 0 Å². The number of thiazole rings is 1. The second-order valence-corrected chi connectivity index (χ2v) is 8.14. The van der Waals surface area contributed by atoms with Crippen molar-refractivity contribution < 1.29 is 18.7 Å². The predicted octanol–water partition coefficient (Wildman–Crippen LogP) is 2.95. The highest BCUT2D eigenvalue weighted by molar-refractivity contribution is 7.07. The first-order valence-corrected chi connectivity index (χ1v) is 10.8. The molecule has 6 nitrogen and oxygen atoms in total. The molecule has 0 fully saturated rings. The summed E-state index contributed by atoms with van der Waals surface area (Å²) in [6.45, 7) is 3.61. The second kappa shape index (κ2) is 8.92. The van der Waals surface area contributed by atoms with E-state index in [-0.39, 0.29) is 17.7 Å². The SMILES string of the molecule is CCOC(=O)C1=C(C)N=c2s/c(=C\c3cccc(OC)c3)c(=O)n2[C@@H]1c1ccc(F)cc1. The number of aromatic nitrogens is 1. The number of fused-ring (bicyclic) bond motifs is 1. The van der Waals surface area contributed by atoms with Crippen molar-refractivity contribution in [2.45, 2.75) is 19.9 Å². The van der Waals surface area contributed by atoms with E-state index < -0.39 is 17.8 Å². The molecule has 0 unspecified atom stereocenters. The lowest BCUT2D eigenvalue weighted by atomic mass is 9.96. The molecule has 0 amide bonds. The van der Waals surface area contributed by atoms with E-state index in [0.717, 1.165) is 5.56 Å². The van der Waals surface area contributed by atoms with Crippen molar-refractivity contribution in [1.82, 2.24) is 4.57 Å². The molecular formula is C24H21FN2O4S. The first kappa shape index (κ1) is 21.7. The van der Waals surface area contributed by atoms with Gasteiger partial charge >= 0.3 is 5.97 Å². The number of methoxy groups -OCH3 is 1. The lowest BCUT2D eigenvalue weighted by molar-refractivity contribution is -0.139. The molecule has 0 radical (unpaired) electrons. The molecule has 0 bridgehead atoms. The van der Waals surface area contributed by atoms with Gasteiger partial charge in [-0.25, -0.2) is 14.2 Å². The first-order valence-electron chi connectivity index (χ1n) is 10.0. The Labute approximate surface area is 187 Å². The number of esters is 1. The van der Waals surface area contributed by atoms with Crippen LogP contribution in [0.5, 0.6) is 5.75 Å². The molecule has 32 heavy (non-hydrogen) atoms. The third-order valence-corrected chi connectivity index (χ3v) is 6.08. The van der Waals surface area contributed by atoms with Crippen molar-refractivity contribution in [3.63, 3.8) is 0 Å².